The van der Waals surface area contributed by atoms with Crippen LogP contribution in [0.1, 0.15) is 206 Å². The van der Waals surface area contributed by atoms with Crippen molar-refractivity contribution < 1.29 is 42.1 Å². The molecular weight excluding hydrogens is 701 g/mol. The van der Waals surface area contributed by atoms with Crippen LogP contribution in [0.15, 0.2) is 12.2 Å². The minimum absolute atomic E-state index is 0.0293. The van der Waals surface area contributed by atoms with E-state index in [0.717, 1.165) is 51.4 Å². The molecule has 0 spiro atoms. The van der Waals surface area contributed by atoms with Crippen molar-refractivity contribution in [2.75, 3.05) is 47.5 Å². The van der Waals surface area contributed by atoms with Gasteiger partial charge in [0.15, 0.2) is 6.10 Å². The lowest BCUT2D eigenvalue weighted by Gasteiger charge is -2.28. The fraction of sp³-hybridized carbons (Fsp3) is 0.909. The fourth-order valence-corrected chi connectivity index (χ4v) is 6.97. The molecule has 0 saturated heterocycles. The summed E-state index contributed by atoms with van der Waals surface area (Å²) in [5.74, 6) is -0.834. The highest BCUT2D eigenvalue weighted by molar-refractivity contribution is 7.45. The van der Waals surface area contributed by atoms with Crippen LogP contribution in [0.25, 0.3) is 0 Å². The molecule has 0 aliphatic heterocycles. The maximum atomic E-state index is 12.7. The molecule has 2 atom stereocenters. The van der Waals surface area contributed by atoms with E-state index in [1.54, 1.807) is 0 Å². The van der Waals surface area contributed by atoms with Crippen LogP contribution in [0, 0.1) is 0 Å². The summed E-state index contributed by atoms with van der Waals surface area (Å²) >= 11 is 0. The van der Waals surface area contributed by atoms with Crippen LogP contribution in [0.3, 0.4) is 0 Å². The molecule has 0 saturated carbocycles. The quantitative estimate of drug-likeness (QED) is 0.0198. The van der Waals surface area contributed by atoms with E-state index in [0.29, 0.717) is 17.4 Å². The zero-order valence-electron chi connectivity index (χ0n) is 35.9. The van der Waals surface area contributed by atoms with Gasteiger partial charge in [-0.3, -0.25) is 14.2 Å². The SMILES string of the molecule is CCCCCCCCC=CCCCCCCCC(=O)OC(COC(=O)CCCCCCCCCCCCCCCCC)COP(=O)([O-])OCC[N+](C)(C)C. The normalized spacial score (nSPS) is 13.7. The Kier molecular flexibility index (Phi) is 36.5. The van der Waals surface area contributed by atoms with Crippen LogP contribution in [-0.4, -0.2) is 70.0 Å². The number of allylic oxidation sites excluding steroid dienone is 2. The molecule has 0 aromatic carbocycles. The number of quaternary nitrogens is 1. The summed E-state index contributed by atoms with van der Waals surface area (Å²) in [4.78, 5) is 37.5. The Bertz CT molecular complexity index is 938. The zero-order chi connectivity index (χ0) is 40.0. The standard InChI is InChI=1S/C44H86NO8P/c1-6-8-10-12-14-16-18-20-22-24-26-28-30-32-34-36-43(46)50-40-42(41-52-54(48,49)51-39-38-45(3,4)5)53-44(47)37-35-33-31-29-27-25-23-21-19-17-15-13-11-9-7-2/h21,23,42H,6-20,22,24-41H2,1-5H3. The largest absolute Gasteiger partial charge is 0.756 e. The smallest absolute Gasteiger partial charge is 0.306 e. The first-order valence-corrected chi connectivity index (χ1v) is 23.9. The Hall–Kier alpha value is -1.25. The van der Waals surface area contributed by atoms with E-state index in [1.807, 2.05) is 21.1 Å². The first-order valence-electron chi connectivity index (χ1n) is 22.4. The van der Waals surface area contributed by atoms with E-state index in [9.17, 15) is 19.0 Å². The number of nitrogens with zero attached hydrogens (tertiary/aromatic N) is 1. The maximum Gasteiger partial charge on any atom is 0.306 e. The highest BCUT2D eigenvalue weighted by Gasteiger charge is 2.21. The van der Waals surface area contributed by atoms with E-state index in [4.69, 9.17) is 18.5 Å². The van der Waals surface area contributed by atoms with E-state index in [-0.39, 0.29) is 32.0 Å². The van der Waals surface area contributed by atoms with Gasteiger partial charge >= 0.3 is 11.9 Å². The number of hydrogen-bond donors (Lipinski definition) is 0. The number of rotatable bonds is 41. The molecule has 10 heteroatoms. The number of unbranched alkanes of at least 4 members (excludes halogenated alkanes) is 25. The lowest BCUT2D eigenvalue weighted by atomic mass is 10.0. The topological polar surface area (TPSA) is 111 Å². The van der Waals surface area contributed by atoms with Crippen LogP contribution < -0.4 is 4.89 Å². The molecule has 0 aromatic heterocycles. The van der Waals surface area contributed by atoms with E-state index < -0.39 is 26.5 Å². The van der Waals surface area contributed by atoms with Crippen molar-refractivity contribution in [2.45, 2.75) is 213 Å². The number of esters is 2. The molecule has 0 aromatic rings. The average Bonchev–Trinajstić information content (AvgIpc) is 3.12. The number of likely N-dealkylation sites (N-methyl/N-ethyl adjacent to an activating group) is 1. The van der Waals surface area contributed by atoms with Crippen molar-refractivity contribution in [1.82, 2.24) is 0 Å². The summed E-state index contributed by atoms with van der Waals surface area (Å²) in [6, 6.07) is 0. The molecule has 54 heavy (non-hydrogen) atoms. The van der Waals surface area contributed by atoms with E-state index in [2.05, 4.69) is 26.0 Å². The van der Waals surface area contributed by atoms with Crippen LogP contribution in [0.5, 0.6) is 0 Å². The predicted molar refractivity (Wildman–Crippen MR) is 222 cm³/mol. The first kappa shape index (κ1) is 52.8. The molecule has 0 bridgehead atoms. The first-order chi connectivity index (χ1) is 26.0. The lowest BCUT2D eigenvalue weighted by Crippen LogP contribution is -2.37. The Labute approximate surface area is 333 Å². The van der Waals surface area contributed by atoms with Gasteiger partial charge in [0.25, 0.3) is 7.82 Å². The molecule has 0 rings (SSSR count). The van der Waals surface area contributed by atoms with Crippen molar-refractivity contribution in [3.8, 4) is 0 Å². The number of hydrogen-bond acceptors (Lipinski definition) is 8. The number of phosphoric acid groups is 1. The Balaban J connectivity index is 4.34. The average molecular weight is 788 g/mol. The number of phosphoric ester groups is 1. The number of carbonyl (C=O) groups excluding carboxylic acids is 2. The summed E-state index contributed by atoms with van der Waals surface area (Å²) in [6.45, 7) is 4.23. The van der Waals surface area contributed by atoms with Crippen LogP contribution in [0.2, 0.25) is 0 Å². The molecule has 2 unspecified atom stereocenters. The monoisotopic (exact) mass is 788 g/mol. The third-order valence-corrected chi connectivity index (χ3v) is 10.7. The van der Waals surface area contributed by atoms with Gasteiger partial charge in [0.05, 0.1) is 27.7 Å². The summed E-state index contributed by atoms with van der Waals surface area (Å²) in [5.41, 5.74) is 0. The molecule has 0 amide bonds. The Morgan fingerprint density at radius 3 is 1.37 bits per heavy atom. The minimum atomic E-state index is -4.62. The second-order valence-electron chi connectivity index (χ2n) is 16.4. The third-order valence-electron chi connectivity index (χ3n) is 9.79. The van der Waals surface area contributed by atoms with Crippen molar-refractivity contribution in [1.29, 1.82) is 0 Å². The molecule has 0 radical (unpaired) electrons. The van der Waals surface area contributed by atoms with Crippen molar-refractivity contribution in [3.63, 3.8) is 0 Å². The predicted octanol–water partition coefficient (Wildman–Crippen LogP) is 11.9. The van der Waals surface area contributed by atoms with Crippen molar-refractivity contribution in [2.24, 2.45) is 0 Å². The maximum absolute atomic E-state index is 12.7. The van der Waals surface area contributed by atoms with Gasteiger partial charge in [-0.25, -0.2) is 0 Å². The van der Waals surface area contributed by atoms with Gasteiger partial charge in [-0.05, 0) is 38.5 Å². The molecule has 0 aliphatic carbocycles. The highest BCUT2D eigenvalue weighted by atomic mass is 31.2. The third kappa shape index (κ3) is 40.4. The number of carbonyl (C=O) groups is 2. The second kappa shape index (κ2) is 37.3. The summed E-state index contributed by atoms with van der Waals surface area (Å²) in [6.07, 6.45) is 38.0. The summed E-state index contributed by atoms with van der Waals surface area (Å²) in [7, 11) is 1.17. The Morgan fingerprint density at radius 2 is 0.944 bits per heavy atom. The van der Waals surface area contributed by atoms with Crippen molar-refractivity contribution in [3.05, 3.63) is 12.2 Å². The number of ether oxygens (including phenoxy) is 2. The lowest BCUT2D eigenvalue weighted by molar-refractivity contribution is -0.870. The van der Waals surface area contributed by atoms with Gasteiger partial charge in [-0.1, -0.05) is 167 Å². The molecule has 320 valence electrons. The molecule has 0 fully saturated rings. The van der Waals surface area contributed by atoms with E-state index in [1.165, 1.54) is 122 Å². The molecular formula is C44H86NO8P. The molecule has 0 heterocycles. The Morgan fingerprint density at radius 1 is 0.556 bits per heavy atom. The minimum Gasteiger partial charge on any atom is -0.756 e. The summed E-state index contributed by atoms with van der Waals surface area (Å²) < 4.78 is 33.9. The zero-order valence-corrected chi connectivity index (χ0v) is 36.8. The van der Waals surface area contributed by atoms with Gasteiger partial charge in [-0.2, -0.15) is 0 Å². The van der Waals surface area contributed by atoms with Crippen LogP contribution >= 0.6 is 7.82 Å². The second-order valence-corrected chi connectivity index (χ2v) is 17.8. The van der Waals surface area contributed by atoms with Gasteiger partial charge in [0.1, 0.15) is 19.8 Å². The van der Waals surface area contributed by atoms with Crippen LogP contribution in [-0.2, 0) is 32.7 Å². The molecule has 0 aliphatic rings. The molecule has 9 nitrogen and oxygen atoms in total. The fourth-order valence-electron chi connectivity index (χ4n) is 6.24. The molecule has 0 N–H and O–H groups in total. The highest BCUT2D eigenvalue weighted by Crippen LogP contribution is 2.38. The summed E-state index contributed by atoms with van der Waals surface area (Å²) in [5, 5.41) is 0. The van der Waals surface area contributed by atoms with Gasteiger partial charge in [-0.15, -0.1) is 0 Å². The van der Waals surface area contributed by atoms with Crippen LogP contribution in [0.4, 0.5) is 0 Å². The van der Waals surface area contributed by atoms with Crippen molar-refractivity contribution >= 4 is 19.8 Å². The van der Waals surface area contributed by atoms with Gasteiger partial charge in [0.2, 0.25) is 0 Å². The van der Waals surface area contributed by atoms with E-state index >= 15 is 0 Å². The van der Waals surface area contributed by atoms with Gasteiger partial charge < -0.3 is 27.9 Å². The van der Waals surface area contributed by atoms with Gasteiger partial charge in [0, 0.05) is 12.8 Å².